The van der Waals surface area contributed by atoms with Gasteiger partial charge < -0.3 is 20.1 Å². The number of allylic oxidation sites excluding steroid dienone is 2. The van der Waals surface area contributed by atoms with Crippen molar-refractivity contribution in [3.8, 4) is 0 Å². The molecule has 2 rings (SSSR count). The van der Waals surface area contributed by atoms with E-state index in [1.165, 1.54) is 5.57 Å². The minimum absolute atomic E-state index is 0.0580. The highest BCUT2D eigenvalue weighted by Crippen LogP contribution is 2.48. The van der Waals surface area contributed by atoms with Crippen molar-refractivity contribution in [2.45, 2.75) is 64.6 Å². The first kappa shape index (κ1) is 21.9. The third-order valence-corrected chi connectivity index (χ3v) is 5.78. The number of aliphatic hydroxyl groups is 2. The molecule has 0 amide bonds. The third kappa shape index (κ3) is 6.30. The molecular formula is C22H34O5. The van der Waals surface area contributed by atoms with Crippen molar-refractivity contribution in [3.63, 3.8) is 0 Å². The predicted molar refractivity (Wildman–Crippen MR) is 105 cm³/mol. The van der Waals surface area contributed by atoms with Gasteiger partial charge in [-0.15, -0.1) is 0 Å². The van der Waals surface area contributed by atoms with E-state index in [4.69, 9.17) is 9.84 Å². The normalized spacial score (nSPS) is 29.2. The molecule has 0 radical (unpaired) electrons. The Labute approximate surface area is 162 Å². The van der Waals surface area contributed by atoms with Crippen molar-refractivity contribution in [2.24, 2.45) is 17.8 Å². The van der Waals surface area contributed by atoms with E-state index < -0.39 is 12.1 Å². The van der Waals surface area contributed by atoms with Crippen LogP contribution < -0.4 is 0 Å². The molecule has 2 aliphatic carbocycles. The Kier molecular flexibility index (Phi) is 8.74. The molecule has 1 saturated carbocycles. The maximum Gasteiger partial charge on any atom is 0.329 e. The van der Waals surface area contributed by atoms with E-state index in [1.807, 2.05) is 25.2 Å². The molecule has 0 saturated heterocycles. The lowest BCUT2D eigenvalue weighted by molar-refractivity contribution is -0.141. The van der Waals surface area contributed by atoms with Crippen LogP contribution in [0.2, 0.25) is 0 Å². The summed E-state index contributed by atoms with van der Waals surface area (Å²) in [5, 5.41) is 29.3. The van der Waals surface area contributed by atoms with Crippen LogP contribution in [-0.2, 0) is 9.53 Å². The number of aliphatic hydroxyl groups excluding tert-OH is 2. The van der Waals surface area contributed by atoms with Crippen LogP contribution in [0.15, 0.2) is 35.5 Å². The summed E-state index contributed by atoms with van der Waals surface area (Å²) in [5.74, 6) is -0.240. The molecule has 5 atom stereocenters. The minimum atomic E-state index is -0.964. The van der Waals surface area contributed by atoms with Gasteiger partial charge in [-0.2, -0.15) is 0 Å². The highest BCUT2D eigenvalue weighted by atomic mass is 16.5. The summed E-state index contributed by atoms with van der Waals surface area (Å²) in [5.41, 5.74) is 2.23. The number of carbonyl (C=O) groups is 1. The van der Waals surface area contributed by atoms with Gasteiger partial charge in [-0.1, -0.05) is 50.5 Å². The van der Waals surface area contributed by atoms with E-state index in [2.05, 4.69) is 13.0 Å². The molecular weight excluding hydrogens is 344 g/mol. The molecule has 0 unspecified atom stereocenters. The van der Waals surface area contributed by atoms with Crippen molar-refractivity contribution < 1.29 is 24.9 Å². The molecule has 0 heterocycles. The number of hydrogen-bond acceptors (Lipinski definition) is 4. The van der Waals surface area contributed by atoms with Crippen LogP contribution >= 0.6 is 0 Å². The maximum atomic E-state index is 10.6. The first-order chi connectivity index (χ1) is 13.0. The molecule has 5 heteroatoms. The van der Waals surface area contributed by atoms with E-state index in [0.717, 1.165) is 44.1 Å². The Balaban J connectivity index is 1.92. The van der Waals surface area contributed by atoms with Crippen LogP contribution in [0.4, 0.5) is 0 Å². The van der Waals surface area contributed by atoms with Gasteiger partial charge in [-0.05, 0) is 49.2 Å². The van der Waals surface area contributed by atoms with Gasteiger partial charge in [0.25, 0.3) is 0 Å². The number of fused-ring (bicyclic) bond motifs is 1. The van der Waals surface area contributed by atoms with Gasteiger partial charge in [0, 0.05) is 5.92 Å². The number of carboxylic acid groups (broad SMARTS) is 1. The molecule has 27 heavy (non-hydrogen) atoms. The van der Waals surface area contributed by atoms with Crippen LogP contribution in [0.25, 0.3) is 0 Å². The molecule has 0 spiro atoms. The van der Waals surface area contributed by atoms with Crippen LogP contribution in [-0.4, -0.2) is 46.7 Å². The molecule has 2 aliphatic rings. The van der Waals surface area contributed by atoms with Crippen molar-refractivity contribution in [3.05, 3.63) is 35.5 Å². The van der Waals surface area contributed by atoms with E-state index >= 15 is 0 Å². The number of carboxylic acids is 1. The molecule has 152 valence electrons. The Morgan fingerprint density at radius 2 is 2.15 bits per heavy atom. The molecule has 0 bridgehead atoms. The van der Waals surface area contributed by atoms with Gasteiger partial charge in [0.2, 0.25) is 0 Å². The first-order valence-electron chi connectivity index (χ1n) is 10.2. The third-order valence-electron chi connectivity index (χ3n) is 5.78. The lowest BCUT2D eigenvalue weighted by atomic mass is 9.88. The summed E-state index contributed by atoms with van der Waals surface area (Å²) < 4.78 is 5.25. The fourth-order valence-electron chi connectivity index (χ4n) is 4.32. The number of aliphatic carboxylic acids is 1. The molecule has 0 aromatic carbocycles. The van der Waals surface area contributed by atoms with Gasteiger partial charge in [-0.3, -0.25) is 0 Å². The van der Waals surface area contributed by atoms with E-state index in [9.17, 15) is 15.0 Å². The molecule has 1 fully saturated rings. The fourth-order valence-corrected chi connectivity index (χ4v) is 4.32. The van der Waals surface area contributed by atoms with Crippen LogP contribution in [0.1, 0.15) is 52.4 Å². The zero-order valence-corrected chi connectivity index (χ0v) is 16.5. The summed E-state index contributed by atoms with van der Waals surface area (Å²) in [6, 6.07) is 0. The second kappa shape index (κ2) is 10.8. The highest BCUT2D eigenvalue weighted by molar-refractivity contribution is 5.68. The quantitative estimate of drug-likeness (QED) is 0.378. The van der Waals surface area contributed by atoms with Crippen molar-refractivity contribution in [1.29, 1.82) is 0 Å². The second-order valence-corrected chi connectivity index (χ2v) is 7.75. The summed E-state index contributed by atoms with van der Waals surface area (Å²) in [6.07, 6.45) is 12.9. The van der Waals surface area contributed by atoms with Crippen LogP contribution in [0, 0.1) is 17.8 Å². The first-order valence-corrected chi connectivity index (χ1v) is 10.2. The topological polar surface area (TPSA) is 87.0 Å². The van der Waals surface area contributed by atoms with Gasteiger partial charge in [0.05, 0.1) is 18.8 Å². The lowest BCUT2D eigenvalue weighted by Gasteiger charge is -2.19. The largest absolute Gasteiger partial charge is 0.480 e. The van der Waals surface area contributed by atoms with Gasteiger partial charge in [0.15, 0.2) is 0 Å². The Morgan fingerprint density at radius 1 is 1.37 bits per heavy atom. The van der Waals surface area contributed by atoms with Crippen LogP contribution in [0.3, 0.4) is 0 Å². The van der Waals surface area contributed by atoms with E-state index in [0.29, 0.717) is 18.4 Å². The maximum absolute atomic E-state index is 10.6. The van der Waals surface area contributed by atoms with Crippen LogP contribution in [0.5, 0.6) is 0 Å². The van der Waals surface area contributed by atoms with Gasteiger partial charge in [-0.25, -0.2) is 4.79 Å². The average molecular weight is 379 g/mol. The standard InChI is InChI=1S/C22H34O5/c1-3-5-6-7-18(23)8-9-19-20-11-16(10-17(20)12-21(19)24)15(4-2)13-27-14-22(25)26/h4,8-10,17-21,23-24H,3,5-7,11-14H2,1-2H3,(H,25,26)/b9-8+,15-4+/t17-,18-,19+,20-,21+/m0/s1. The molecule has 3 N–H and O–H groups in total. The average Bonchev–Trinajstić information content (AvgIpc) is 3.14. The van der Waals surface area contributed by atoms with Crippen molar-refractivity contribution in [1.82, 2.24) is 0 Å². The molecule has 0 aromatic rings. The second-order valence-electron chi connectivity index (χ2n) is 7.75. The van der Waals surface area contributed by atoms with Crippen molar-refractivity contribution in [2.75, 3.05) is 13.2 Å². The predicted octanol–water partition coefficient (Wildman–Crippen LogP) is 3.47. The van der Waals surface area contributed by atoms with E-state index in [1.54, 1.807) is 0 Å². The highest BCUT2D eigenvalue weighted by Gasteiger charge is 2.43. The summed E-state index contributed by atoms with van der Waals surface area (Å²) >= 11 is 0. The smallest absolute Gasteiger partial charge is 0.329 e. The zero-order valence-electron chi connectivity index (χ0n) is 16.5. The Bertz CT molecular complexity index is 577. The summed E-state index contributed by atoms with van der Waals surface area (Å²) in [7, 11) is 0. The summed E-state index contributed by atoms with van der Waals surface area (Å²) in [6.45, 7) is 4.09. The SMILES string of the molecule is C/C=C(\COCC(=O)O)C1=C[C@H]2C[C@@H](O)[C@H](/C=C/[C@@H](O)CCCCC)[C@H]2C1. The minimum Gasteiger partial charge on any atom is -0.480 e. The number of hydrogen-bond donors (Lipinski definition) is 3. The molecule has 5 nitrogen and oxygen atoms in total. The van der Waals surface area contributed by atoms with Gasteiger partial charge in [0.1, 0.15) is 6.61 Å². The monoisotopic (exact) mass is 378 g/mol. The Morgan fingerprint density at radius 3 is 2.81 bits per heavy atom. The Hall–Kier alpha value is -1.43. The number of rotatable bonds is 11. The van der Waals surface area contributed by atoms with E-state index in [-0.39, 0.29) is 18.6 Å². The number of unbranched alkanes of at least 4 members (excludes halogenated alkanes) is 2. The fraction of sp³-hybridized carbons (Fsp3) is 0.682. The molecule has 0 aliphatic heterocycles. The summed E-state index contributed by atoms with van der Waals surface area (Å²) in [4.78, 5) is 10.6. The zero-order chi connectivity index (χ0) is 19.8. The van der Waals surface area contributed by atoms with Gasteiger partial charge >= 0.3 is 5.97 Å². The lowest BCUT2D eigenvalue weighted by Crippen LogP contribution is -2.18. The van der Waals surface area contributed by atoms with Crippen molar-refractivity contribution >= 4 is 5.97 Å². The number of ether oxygens (including phenoxy) is 1. The molecule has 0 aromatic heterocycles.